The number of aromatic nitrogens is 2. The van der Waals surface area contributed by atoms with Gasteiger partial charge in [0, 0.05) is 29.7 Å². The third kappa shape index (κ3) is 4.45. The van der Waals surface area contributed by atoms with Crippen LogP contribution in [0.3, 0.4) is 0 Å². The molecule has 0 unspecified atom stereocenters. The van der Waals surface area contributed by atoms with Gasteiger partial charge >= 0.3 is 0 Å². The summed E-state index contributed by atoms with van der Waals surface area (Å²) >= 11 is 0. The lowest BCUT2D eigenvalue weighted by atomic mass is 10.2. The monoisotopic (exact) mass is 417 g/mol. The maximum atomic E-state index is 12.7. The first kappa shape index (κ1) is 20.3. The van der Waals surface area contributed by atoms with Crippen molar-refractivity contribution in [1.82, 2.24) is 9.38 Å². The number of aryl methyl sites for hydroxylation is 1. The van der Waals surface area contributed by atoms with Crippen LogP contribution in [0.4, 0.5) is 5.69 Å². The topological polar surface area (TPSA) is 74.1 Å². The fourth-order valence-corrected chi connectivity index (χ4v) is 3.28. The third-order valence-corrected chi connectivity index (χ3v) is 4.85. The van der Waals surface area contributed by atoms with Gasteiger partial charge in [-0.05, 0) is 48.9 Å². The molecule has 2 aromatic heterocycles. The van der Waals surface area contributed by atoms with Crippen LogP contribution in [0.15, 0.2) is 67.0 Å². The van der Waals surface area contributed by atoms with Crippen molar-refractivity contribution in [2.45, 2.75) is 13.5 Å². The van der Waals surface area contributed by atoms with E-state index >= 15 is 0 Å². The molecule has 31 heavy (non-hydrogen) atoms. The lowest BCUT2D eigenvalue weighted by Crippen LogP contribution is -2.12. The predicted octanol–water partition coefficient (Wildman–Crippen LogP) is 4.49. The number of anilines is 1. The van der Waals surface area contributed by atoms with Gasteiger partial charge in [-0.1, -0.05) is 12.1 Å². The lowest BCUT2D eigenvalue weighted by Gasteiger charge is -2.11. The zero-order valence-corrected chi connectivity index (χ0v) is 17.6. The van der Waals surface area contributed by atoms with Crippen molar-refractivity contribution in [2.24, 2.45) is 0 Å². The minimum Gasteiger partial charge on any atom is -0.493 e. The first-order valence-electron chi connectivity index (χ1n) is 9.77. The van der Waals surface area contributed by atoms with Crippen molar-refractivity contribution in [2.75, 3.05) is 19.5 Å². The van der Waals surface area contributed by atoms with Gasteiger partial charge in [0.05, 0.1) is 19.9 Å². The van der Waals surface area contributed by atoms with E-state index in [1.807, 2.05) is 41.9 Å². The Kier molecular flexibility index (Phi) is 5.75. The number of imidazole rings is 1. The number of benzene rings is 2. The van der Waals surface area contributed by atoms with Gasteiger partial charge in [-0.15, -0.1) is 0 Å². The molecule has 0 aliphatic rings. The van der Waals surface area contributed by atoms with Crippen molar-refractivity contribution in [3.05, 3.63) is 83.8 Å². The Morgan fingerprint density at radius 3 is 2.65 bits per heavy atom. The summed E-state index contributed by atoms with van der Waals surface area (Å²) in [5, 5.41) is 2.86. The zero-order valence-electron chi connectivity index (χ0n) is 17.6. The molecule has 0 spiro atoms. The van der Waals surface area contributed by atoms with Crippen LogP contribution >= 0.6 is 0 Å². The highest BCUT2D eigenvalue weighted by Crippen LogP contribution is 2.30. The molecular formula is C24H23N3O4. The van der Waals surface area contributed by atoms with E-state index in [2.05, 4.69) is 10.3 Å². The van der Waals surface area contributed by atoms with Crippen LogP contribution in [0.1, 0.15) is 21.6 Å². The Hall–Kier alpha value is -4.00. The SMILES string of the molecule is COc1ccc(NC(=O)c2cccc(OCc3cn4cccc(C)c4n3)c2)cc1OC. The molecule has 2 heterocycles. The summed E-state index contributed by atoms with van der Waals surface area (Å²) in [5.41, 5.74) is 3.91. The van der Waals surface area contributed by atoms with E-state index < -0.39 is 0 Å². The molecule has 4 aromatic rings. The average molecular weight is 417 g/mol. The third-order valence-electron chi connectivity index (χ3n) is 4.85. The van der Waals surface area contributed by atoms with Crippen molar-refractivity contribution < 1.29 is 19.0 Å². The molecule has 0 radical (unpaired) electrons. The van der Waals surface area contributed by atoms with E-state index in [9.17, 15) is 4.79 Å². The van der Waals surface area contributed by atoms with Gasteiger partial charge < -0.3 is 23.9 Å². The minimum atomic E-state index is -0.249. The maximum absolute atomic E-state index is 12.7. The number of hydrogen-bond donors (Lipinski definition) is 1. The quantitative estimate of drug-likeness (QED) is 0.480. The number of ether oxygens (including phenoxy) is 3. The zero-order chi connectivity index (χ0) is 21.8. The van der Waals surface area contributed by atoms with Gasteiger partial charge in [0.1, 0.15) is 18.0 Å². The van der Waals surface area contributed by atoms with E-state index in [1.165, 1.54) is 0 Å². The fourth-order valence-electron chi connectivity index (χ4n) is 3.28. The Balaban J connectivity index is 1.45. The molecule has 0 bridgehead atoms. The molecule has 7 nitrogen and oxygen atoms in total. The standard InChI is InChI=1S/C24H23N3O4/c1-16-6-5-11-27-14-19(25-23(16)27)15-31-20-8-4-7-17(12-20)24(28)26-18-9-10-21(29-2)22(13-18)30-3/h4-14H,15H2,1-3H3,(H,26,28). The highest BCUT2D eigenvalue weighted by molar-refractivity contribution is 6.04. The molecule has 158 valence electrons. The Bertz CT molecular complexity index is 1230. The molecular weight excluding hydrogens is 394 g/mol. The highest BCUT2D eigenvalue weighted by Gasteiger charge is 2.11. The van der Waals surface area contributed by atoms with Crippen LogP contribution in [0.2, 0.25) is 0 Å². The molecule has 1 amide bonds. The van der Waals surface area contributed by atoms with Crippen molar-refractivity contribution >= 4 is 17.2 Å². The maximum Gasteiger partial charge on any atom is 0.255 e. The molecule has 1 N–H and O–H groups in total. The first-order chi connectivity index (χ1) is 15.1. The number of nitrogens with one attached hydrogen (secondary N) is 1. The van der Waals surface area contributed by atoms with E-state index in [0.29, 0.717) is 35.1 Å². The highest BCUT2D eigenvalue weighted by atomic mass is 16.5. The summed E-state index contributed by atoms with van der Waals surface area (Å²) in [5.74, 6) is 1.48. The molecule has 2 aromatic carbocycles. The predicted molar refractivity (Wildman–Crippen MR) is 118 cm³/mol. The van der Waals surface area contributed by atoms with Crippen LogP contribution in [-0.4, -0.2) is 29.5 Å². The number of methoxy groups -OCH3 is 2. The number of hydrogen-bond acceptors (Lipinski definition) is 5. The van der Waals surface area contributed by atoms with E-state index in [4.69, 9.17) is 14.2 Å². The second-order valence-corrected chi connectivity index (χ2v) is 6.99. The number of amides is 1. The minimum absolute atomic E-state index is 0.249. The van der Waals surface area contributed by atoms with Crippen LogP contribution in [0.25, 0.3) is 5.65 Å². The summed E-state index contributed by atoms with van der Waals surface area (Å²) in [6.07, 6.45) is 3.90. The molecule has 7 heteroatoms. The van der Waals surface area contributed by atoms with Crippen molar-refractivity contribution in [3.8, 4) is 17.2 Å². The van der Waals surface area contributed by atoms with Gasteiger partial charge in [-0.25, -0.2) is 4.98 Å². The average Bonchev–Trinajstić information content (AvgIpc) is 3.22. The van der Waals surface area contributed by atoms with Gasteiger partial charge in [0.15, 0.2) is 11.5 Å². The van der Waals surface area contributed by atoms with E-state index in [0.717, 1.165) is 16.9 Å². The molecule has 4 rings (SSSR count). The Morgan fingerprint density at radius 1 is 1.03 bits per heavy atom. The van der Waals surface area contributed by atoms with E-state index in [-0.39, 0.29) is 5.91 Å². The van der Waals surface area contributed by atoms with E-state index in [1.54, 1.807) is 50.6 Å². The first-order valence-corrected chi connectivity index (χ1v) is 9.77. The molecule has 0 aliphatic heterocycles. The van der Waals surface area contributed by atoms with Crippen molar-refractivity contribution in [1.29, 1.82) is 0 Å². The molecule has 0 saturated carbocycles. The van der Waals surface area contributed by atoms with Crippen LogP contribution in [0, 0.1) is 6.92 Å². The number of carbonyl (C=O) groups is 1. The summed E-state index contributed by atoms with van der Waals surface area (Å²) in [6, 6.07) is 16.2. The summed E-state index contributed by atoms with van der Waals surface area (Å²) in [4.78, 5) is 17.3. The van der Waals surface area contributed by atoms with Gasteiger partial charge in [-0.3, -0.25) is 4.79 Å². The van der Waals surface area contributed by atoms with Crippen LogP contribution in [0.5, 0.6) is 17.2 Å². The molecule has 0 atom stereocenters. The number of fused-ring (bicyclic) bond motifs is 1. The number of rotatable bonds is 7. The second-order valence-electron chi connectivity index (χ2n) is 6.99. The largest absolute Gasteiger partial charge is 0.493 e. The lowest BCUT2D eigenvalue weighted by molar-refractivity contribution is 0.102. The normalized spacial score (nSPS) is 10.7. The molecule has 0 aliphatic carbocycles. The summed E-state index contributed by atoms with van der Waals surface area (Å²) < 4.78 is 18.4. The summed E-state index contributed by atoms with van der Waals surface area (Å²) in [7, 11) is 3.11. The van der Waals surface area contributed by atoms with Gasteiger partial charge in [0.25, 0.3) is 5.91 Å². The summed E-state index contributed by atoms with van der Waals surface area (Å²) in [6.45, 7) is 2.33. The number of pyridine rings is 1. The smallest absolute Gasteiger partial charge is 0.255 e. The van der Waals surface area contributed by atoms with Crippen LogP contribution < -0.4 is 19.5 Å². The Morgan fingerprint density at radius 2 is 1.87 bits per heavy atom. The fraction of sp³-hybridized carbons (Fsp3) is 0.167. The molecule has 0 saturated heterocycles. The van der Waals surface area contributed by atoms with Crippen molar-refractivity contribution in [3.63, 3.8) is 0 Å². The van der Waals surface area contributed by atoms with Crippen LogP contribution in [-0.2, 0) is 6.61 Å². The molecule has 0 fully saturated rings. The van der Waals surface area contributed by atoms with Gasteiger partial charge in [-0.2, -0.15) is 0 Å². The number of nitrogens with zero attached hydrogens (tertiary/aromatic N) is 2. The second kappa shape index (κ2) is 8.79. The van der Waals surface area contributed by atoms with Gasteiger partial charge in [0.2, 0.25) is 0 Å². The Labute approximate surface area is 180 Å². The number of carbonyl (C=O) groups excluding carboxylic acids is 1.